The van der Waals surface area contributed by atoms with Crippen LogP contribution in [0, 0.1) is 10.5 Å². The van der Waals surface area contributed by atoms with E-state index in [1.54, 1.807) is 6.20 Å². The molecule has 1 aromatic heterocycles. The zero-order valence-corrected chi connectivity index (χ0v) is 10.9. The van der Waals surface area contributed by atoms with Gasteiger partial charge in [0.1, 0.15) is 5.75 Å². The van der Waals surface area contributed by atoms with E-state index in [1.807, 2.05) is 37.3 Å². The van der Waals surface area contributed by atoms with Crippen molar-refractivity contribution in [1.29, 1.82) is 0 Å². The summed E-state index contributed by atoms with van der Waals surface area (Å²) in [5.41, 5.74) is 7.42. The fraction of sp³-hybridized carbons (Fsp3) is 0.0833. The Morgan fingerprint density at radius 1 is 1.19 bits per heavy atom. The summed E-state index contributed by atoms with van der Waals surface area (Å²) in [6.07, 6.45) is 1.69. The lowest BCUT2D eigenvalue weighted by Gasteiger charge is -2.08. The van der Waals surface area contributed by atoms with Gasteiger partial charge >= 0.3 is 0 Å². The summed E-state index contributed by atoms with van der Waals surface area (Å²) in [7, 11) is 0. The number of pyridine rings is 1. The number of hydrogen-bond donors (Lipinski definition) is 1. The molecule has 0 spiro atoms. The first-order valence-corrected chi connectivity index (χ1v) is 5.89. The maximum atomic E-state index is 5.87. The van der Waals surface area contributed by atoms with Gasteiger partial charge in [0.05, 0.1) is 5.69 Å². The fourth-order valence-corrected chi connectivity index (χ4v) is 1.60. The summed E-state index contributed by atoms with van der Waals surface area (Å²) in [4.78, 5) is 4.11. The molecule has 82 valence electrons. The maximum Gasteiger partial charge on any atom is 0.242 e. The number of rotatable bonds is 2. The number of halogens is 1. The molecule has 0 saturated heterocycles. The third kappa shape index (κ3) is 2.44. The number of nitrogens with zero attached hydrogens (tertiary/aromatic N) is 1. The van der Waals surface area contributed by atoms with Gasteiger partial charge in [-0.15, -0.1) is 0 Å². The van der Waals surface area contributed by atoms with Crippen molar-refractivity contribution in [1.82, 2.24) is 4.98 Å². The van der Waals surface area contributed by atoms with Crippen molar-refractivity contribution in [3.8, 4) is 11.6 Å². The third-order valence-electron chi connectivity index (χ3n) is 2.20. The van der Waals surface area contributed by atoms with E-state index in [9.17, 15) is 0 Å². The van der Waals surface area contributed by atoms with E-state index in [0.29, 0.717) is 11.6 Å². The standard InChI is InChI=1S/C12H11IN2O/c1-8-6-7-15-12(11(8)14)16-10-4-2-9(13)3-5-10/h2-7H,14H2,1H3. The Balaban J connectivity index is 2.27. The number of nitrogens with two attached hydrogens (primary N) is 1. The smallest absolute Gasteiger partial charge is 0.242 e. The van der Waals surface area contributed by atoms with Crippen LogP contribution < -0.4 is 10.5 Å². The molecule has 0 amide bonds. The first kappa shape index (κ1) is 11.2. The number of ether oxygens (including phenoxy) is 1. The summed E-state index contributed by atoms with van der Waals surface area (Å²) in [6.45, 7) is 1.93. The van der Waals surface area contributed by atoms with Crippen molar-refractivity contribution in [2.75, 3.05) is 5.73 Å². The number of benzene rings is 1. The first-order valence-electron chi connectivity index (χ1n) is 4.81. The highest BCUT2D eigenvalue weighted by Crippen LogP contribution is 2.27. The quantitative estimate of drug-likeness (QED) is 0.861. The second-order valence-corrected chi connectivity index (χ2v) is 4.65. The average Bonchev–Trinajstić information content (AvgIpc) is 2.28. The molecule has 1 heterocycles. The van der Waals surface area contributed by atoms with Crippen LogP contribution in [0.15, 0.2) is 36.5 Å². The minimum atomic E-state index is 0.459. The average molecular weight is 326 g/mol. The summed E-state index contributed by atoms with van der Waals surface area (Å²) >= 11 is 2.24. The van der Waals surface area contributed by atoms with Gasteiger partial charge in [0.2, 0.25) is 5.88 Å². The molecule has 0 bridgehead atoms. The number of anilines is 1. The van der Waals surface area contributed by atoms with Crippen LogP contribution in [0.25, 0.3) is 0 Å². The minimum Gasteiger partial charge on any atom is -0.437 e. The lowest BCUT2D eigenvalue weighted by molar-refractivity contribution is 0.465. The maximum absolute atomic E-state index is 5.87. The fourth-order valence-electron chi connectivity index (χ4n) is 1.24. The first-order chi connectivity index (χ1) is 7.66. The van der Waals surface area contributed by atoms with Crippen LogP contribution in [0.2, 0.25) is 0 Å². The molecule has 2 N–H and O–H groups in total. The molecule has 0 atom stereocenters. The summed E-state index contributed by atoms with van der Waals surface area (Å²) in [5, 5.41) is 0. The van der Waals surface area contributed by atoms with Crippen LogP contribution in [0.1, 0.15) is 5.56 Å². The van der Waals surface area contributed by atoms with E-state index in [0.717, 1.165) is 14.9 Å². The molecule has 3 nitrogen and oxygen atoms in total. The van der Waals surface area contributed by atoms with Crippen molar-refractivity contribution < 1.29 is 4.74 Å². The van der Waals surface area contributed by atoms with Gasteiger partial charge in [0.25, 0.3) is 0 Å². The summed E-state index contributed by atoms with van der Waals surface area (Å²) < 4.78 is 6.77. The van der Waals surface area contributed by atoms with E-state index >= 15 is 0 Å². The van der Waals surface area contributed by atoms with Gasteiger partial charge in [-0.25, -0.2) is 4.98 Å². The van der Waals surface area contributed by atoms with Crippen molar-refractivity contribution in [3.63, 3.8) is 0 Å². The van der Waals surface area contributed by atoms with Gasteiger partial charge in [-0.3, -0.25) is 0 Å². The van der Waals surface area contributed by atoms with Crippen LogP contribution in [0.5, 0.6) is 11.6 Å². The molecule has 0 radical (unpaired) electrons. The van der Waals surface area contributed by atoms with E-state index < -0.39 is 0 Å². The highest BCUT2D eigenvalue weighted by atomic mass is 127. The molecule has 1 aromatic carbocycles. The van der Waals surface area contributed by atoms with Crippen molar-refractivity contribution in [2.24, 2.45) is 0 Å². The number of nitrogen functional groups attached to an aromatic ring is 1. The van der Waals surface area contributed by atoms with E-state index in [2.05, 4.69) is 27.6 Å². The summed E-state index contributed by atoms with van der Waals surface area (Å²) in [5.74, 6) is 1.20. The Bertz CT molecular complexity index is 497. The van der Waals surface area contributed by atoms with Crippen LogP contribution in [0.3, 0.4) is 0 Å². The van der Waals surface area contributed by atoms with E-state index in [1.165, 1.54) is 0 Å². The van der Waals surface area contributed by atoms with Crippen LogP contribution >= 0.6 is 22.6 Å². The highest BCUT2D eigenvalue weighted by Gasteiger charge is 2.05. The Hall–Kier alpha value is -1.30. The molecular weight excluding hydrogens is 315 g/mol. The monoisotopic (exact) mass is 326 g/mol. The topological polar surface area (TPSA) is 48.1 Å². The number of hydrogen-bond acceptors (Lipinski definition) is 3. The molecule has 0 fully saturated rings. The molecule has 2 aromatic rings. The molecule has 0 aliphatic rings. The van der Waals surface area contributed by atoms with Gasteiger partial charge in [-0.2, -0.15) is 0 Å². The molecule has 0 aliphatic carbocycles. The molecule has 2 rings (SSSR count). The SMILES string of the molecule is Cc1ccnc(Oc2ccc(I)cc2)c1N. The molecule has 0 aliphatic heterocycles. The Labute approximate surface area is 108 Å². The zero-order valence-electron chi connectivity index (χ0n) is 8.77. The predicted molar refractivity (Wildman–Crippen MR) is 72.6 cm³/mol. The Morgan fingerprint density at radius 2 is 1.88 bits per heavy atom. The van der Waals surface area contributed by atoms with Gasteiger partial charge in [-0.05, 0) is 65.4 Å². The Morgan fingerprint density at radius 3 is 2.56 bits per heavy atom. The second kappa shape index (κ2) is 4.69. The largest absolute Gasteiger partial charge is 0.437 e. The van der Waals surface area contributed by atoms with Crippen LogP contribution in [-0.2, 0) is 0 Å². The van der Waals surface area contributed by atoms with Crippen LogP contribution in [0.4, 0.5) is 5.69 Å². The third-order valence-corrected chi connectivity index (χ3v) is 2.92. The van der Waals surface area contributed by atoms with Gasteiger partial charge in [0.15, 0.2) is 0 Å². The lowest BCUT2D eigenvalue weighted by Crippen LogP contribution is -1.97. The molecule has 0 unspecified atom stereocenters. The van der Waals surface area contributed by atoms with Gasteiger partial charge in [-0.1, -0.05) is 0 Å². The van der Waals surface area contributed by atoms with Crippen LogP contribution in [-0.4, -0.2) is 4.98 Å². The van der Waals surface area contributed by atoms with Crippen molar-refractivity contribution >= 4 is 28.3 Å². The minimum absolute atomic E-state index is 0.459. The molecule has 4 heteroatoms. The number of aryl methyl sites for hydroxylation is 1. The predicted octanol–water partition coefficient (Wildman–Crippen LogP) is 3.37. The second-order valence-electron chi connectivity index (χ2n) is 3.40. The molecule has 16 heavy (non-hydrogen) atoms. The van der Waals surface area contributed by atoms with Gasteiger partial charge in [0, 0.05) is 9.77 Å². The zero-order chi connectivity index (χ0) is 11.5. The summed E-state index contributed by atoms with van der Waals surface area (Å²) in [6, 6.07) is 9.59. The number of aromatic nitrogens is 1. The Kier molecular flexibility index (Phi) is 3.28. The highest BCUT2D eigenvalue weighted by molar-refractivity contribution is 14.1. The van der Waals surface area contributed by atoms with Crippen molar-refractivity contribution in [2.45, 2.75) is 6.92 Å². The molecule has 0 saturated carbocycles. The lowest BCUT2D eigenvalue weighted by atomic mass is 10.2. The van der Waals surface area contributed by atoms with Gasteiger partial charge < -0.3 is 10.5 Å². The molecular formula is C12H11IN2O. The van der Waals surface area contributed by atoms with Crippen molar-refractivity contribution in [3.05, 3.63) is 45.7 Å². The normalized spacial score (nSPS) is 10.1. The van der Waals surface area contributed by atoms with E-state index in [4.69, 9.17) is 10.5 Å². The van der Waals surface area contributed by atoms with E-state index in [-0.39, 0.29) is 0 Å².